The quantitative estimate of drug-likeness (QED) is 0.492. The number of rotatable bonds is 5. The minimum Gasteiger partial charge on any atom is -0.489 e. The first-order valence-electron chi connectivity index (χ1n) is 10.1. The highest BCUT2D eigenvalue weighted by atomic mass is 35.5. The first-order valence-corrected chi connectivity index (χ1v) is 10.5. The maximum absolute atomic E-state index is 14.8. The monoisotopic (exact) mass is 473 g/mol. The second kappa shape index (κ2) is 8.06. The molecule has 0 saturated carbocycles. The molecule has 6 nitrogen and oxygen atoms in total. The number of ether oxygens (including phenoxy) is 1. The highest BCUT2D eigenvalue weighted by molar-refractivity contribution is 6.31. The summed E-state index contributed by atoms with van der Waals surface area (Å²) in [5.74, 6) is -2.45. The van der Waals surface area contributed by atoms with Gasteiger partial charge in [0.2, 0.25) is 5.91 Å². The van der Waals surface area contributed by atoms with E-state index in [9.17, 15) is 18.7 Å². The van der Waals surface area contributed by atoms with Crippen LogP contribution in [-0.4, -0.2) is 29.1 Å². The Hall–Kier alpha value is -3.07. The number of carbonyl (C=O) groups excluding carboxylic acids is 1. The van der Waals surface area contributed by atoms with Crippen LogP contribution in [0.4, 0.5) is 8.78 Å². The van der Waals surface area contributed by atoms with Gasteiger partial charge in [-0.15, -0.1) is 0 Å². The number of benzene rings is 2. The standard InChI is InChI=1S/C24H22ClF2N3O3/c1-12-3-5-13(6-4-12)24(32,10-28)19-8-15-21(33-11-23(15,2)22(29)31)20(30-19)14-7-16(25)18(27)9-17(14)26/h3-9,32H,10-11,28H2,1-2H3,(H2,29,31)/t23-,24?/m0/s1. The first kappa shape index (κ1) is 23.1. The van der Waals surface area contributed by atoms with Crippen LogP contribution in [0.25, 0.3) is 11.3 Å². The molecule has 0 saturated heterocycles. The van der Waals surface area contributed by atoms with Crippen molar-refractivity contribution in [3.05, 3.63) is 81.5 Å². The van der Waals surface area contributed by atoms with Crippen molar-refractivity contribution in [3.63, 3.8) is 0 Å². The van der Waals surface area contributed by atoms with E-state index >= 15 is 0 Å². The van der Waals surface area contributed by atoms with Crippen LogP contribution in [0.5, 0.6) is 5.75 Å². The number of aromatic nitrogens is 1. The Morgan fingerprint density at radius 2 is 1.91 bits per heavy atom. The largest absolute Gasteiger partial charge is 0.489 e. The van der Waals surface area contributed by atoms with Crippen LogP contribution in [0, 0.1) is 18.6 Å². The maximum atomic E-state index is 14.8. The molecule has 2 heterocycles. The number of aryl methyl sites for hydroxylation is 1. The number of aliphatic hydroxyl groups is 1. The predicted molar refractivity (Wildman–Crippen MR) is 120 cm³/mol. The van der Waals surface area contributed by atoms with Gasteiger partial charge in [0.05, 0.1) is 10.7 Å². The number of primary amides is 1. The maximum Gasteiger partial charge on any atom is 0.231 e. The van der Waals surface area contributed by atoms with Gasteiger partial charge in [-0.2, -0.15) is 0 Å². The Morgan fingerprint density at radius 3 is 2.52 bits per heavy atom. The van der Waals surface area contributed by atoms with Crippen molar-refractivity contribution >= 4 is 17.5 Å². The normalized spacial score (nSPS) is 19.0. The molecule has 0 bridgehead atoms. The van der Waals surface area contributed by atoms with E-state index in [1.807, 2.05) is 6.92 Å². The summed E-state index contributed by atoms with van der Waals surface area (Å²) in [6.07, 6.45) is 0. The Balaban J connectivity index is 2.04. The second-order valence-electron chi connectivity index (χ2n) is 8.39. The number of nitrogens with two attached hydrogens (primary N) is 2. The fraction of sp³-hybridized carbons (Fsp3) is 0.250. The van der Waals surface area contributed by atoms with Gasteiger partial charge in [-0.3, -0.25) is 4.79 Å². The van der Waals surface area contributed by atoms with Crippen molar-refractivity contribution in [1.29, 1.82) is 0 Å². The Labute approximate surface area is 194 Å². The van der Waals surface area contributed by atoms with Gasteiger partial charge < -0.3 is 21.3 Å². The molecular weight excluding hydrogens is 452 g/mol. The van der Waals surface area contributed by atoms with Gasteiger partial charge in [0.25, 0.3) is 0 Å². The van der Waals surface area contributed by atoms with Crippen molar-refractivity contribution in [3.8, 4) is 17.0 Å². The molecule has 9 heteroatoms. The molecule has 0 fully saturated rings. The Morgan fingerprint density at radius 1 is 1.24 bits per heavy atom. The zero-order valence-electron chi connectivity index (χ0n) is 18.0. The van der Waals surface area contributed by atoms with Gasteiger partial charge in [0.15, 0.2) is 0 Å². The molecule has 2 atom stereocenters. The van der Waals surface area contributed by atoms with Crippen LogP contribution in [0.1, 0.15) is 29.3 Å². The smallest absolute Gasteiger partial charge is 0.231 e. The Kier molecular flexibility index (Phi) is 5.64. The molecule has 1 aromatic heterocycles. The molecule has 3 aromatic rings. The van der Waals surface area contributed by atoms with E-state index in [-0.39, 0.29) is 40.9 Å². The number of pyridine rings is 1. The fourth-order valence-electron chi connectivity index (χ4n) is 3.89. The number of hydrogen-bond donors (Lipinski definition) is 3. The lowest BCUT2D eigenvalue weighted by molar-refractivity contribution is -0.123. The van der Waals surface area contributed by atoms with Gasteiger partial charge in [-0.1, -0.05) is 41.4 Å². The third-order valence-corrected chi connectivity index (χ3v) is 6.42. The molecule has 0 aliphatic carbocycles. The van der Waals surface area contributed by atoms with Crippen molar-refractivity contribution < 1.29 is 23.4 Å². The molecule has 5 N–H and O–H groups in total. The average molecular weight is 474 g/mol. The topological polar surface area (TPSA) is 111 Å². The number of carbonyl (C=O) groups is 1. The third kappa shape index (κ3) is 3.64. The summed E-state index contributed by atoms with van der Waals surface area (Å²) in [6.45, 7) is 3.10. The Bertz CT molecular complexity index is 1270. The summed E-state index contributed by atoms with van der Waals surface area (Å²) in [4.78, 5) is 16.8. The van der Waals surface area contributed by atoms with Crippen molar-refractivity contribution in [2.45, 2.75) is 24.9 Å². The molecule has 33 heavy (non-hydrogen) atoms. The van der Waals surface area contributed by atoms with E-state index < -0.39 is 28.6 Å². The van der Waals surface area contributed by atoms with Crippen LogP contribution in [0.2, 0.25) is 5.02 Å². The van der Waals surface area contributed by atoms with E-state index in [4.69, 9.17) is 27.8 Å². The van der Waals surface area contributed by atoms with Crippen LogP contribution >= 0.6 is 11.6 Å². The highest BCUT2D eigenvalue weighted by Crippen LogP contribution is 2.47. The summed E-state index contributed by atoms with van der Waals surface area (Å²) < 4.78 is 34.4. The van der Waals surface area contributed by atoms with E-state index in [0.717, 1.165) is 11.6 Å². The molecule has 172 valence electrons. The summed E-state index contributed by atoms with van der Waals surface area (Å²) in [7, 11) is 0. The number of amides is 1. The van der Waals surface area contributed by atoms with E-state index in [0.29, 0.717) is 17.2 Å². The van der Waals surface area contributed by atoms with Crippen LogP contribution in [0.3, 0.4) is 0 Å². The lowest BCUT2D eigenvalue weighted by atomic mass is 9.80. The van der Waals surface area contributed by atoms with Crippen LogP contribution in [-0.2, 0) is 15.8 Å². The summed E-state index contributed by atoms with van der Waals surface area (Å²) in [5.41, 5.74) is 10.2. The highest BCUT2D eigenvalue weighted by Gasteiger charge is 2.46. The minimum atomic E-state index is -1.78. The average Bonchev–Trinajstić information content (AvgIpc) is 3.14. The lowest BCUT2D eigenvalue weighted by Crippen LogP contribution is -2.41. The molecular formula is C24H22ClF2N3O3. The lowest BCUT2D eigenvalue weighted by Gasteiger charge is -2.29. The minimum absolute atomic E-state index is 0.0501. The SMILES string of the molecule is Cc1ccc(C(O)(CN)c2cc3c(c(-c4cc(Cl)c(F)cc4F)n2)OC[C@]3(C)C(N)=O)cc1. The molecule has 1 aliphatic heterocycles. The van der Waals surface area contributed by atoms with E-state index in [2.05, 4.69) is 4.98 Å². The fourth-order valence-corrected chi connectivity index (χ4v) is 4.05. The van der Waals surface area contributed by atoms with E-state index in [1.165, 1.54) is 6.07 Å². The number of fused-ring (bicyclic) bond motifs is 1. The molecule has 4 rings (SSSR count). The van der Waals surface area contributed by atoms with Crippen LogP contribution in [0.15, 0.2) is 42.5 Å². The second-order valence-corrected chi connectivity index (χ2v) is 8.80. The zero-order chi connectivity index (χ0) is 24.1. The van der Waals surface area contributed by atoms with Crippen molar-refractivity contribution in [1.82, 2.24) is 4.98 Å². The van der Waals surface area contributed by atoms with Gasteiger partial charge in [0, 0.05) is 23.7 Å². The van der Waals surface area contributed by atoms with Gasteiger partial charge in [-0.25, -0.2) is 13.8 Å². The summed E-state index contributed by atoms with van der Waals surface area (Å²) in [5, 5.41) is 11.3. The molecule has 1 unspecified atom stereocenters. The first-order chi connectivity index (χ1) is 15.5. The van der Waals surface area contributed by atoms with Gasteiger partial charge >= 0.3 is 0 Å². The number of nitrogens with zero attached hydrogens (tertiary/aromatic N) is 1. The molecule has 1 amide bonds. The van der Waals surface area contributed by atoms with Crippen molar-refractivity contribution in [2.24, 2.45) is 11.5 Å². The van der Waals surface area contributed by atoms with Crippen molar-refractivity contribution in [2.75, 3.05) is 13.2 Å². The molecule has 1 aliphatic rings. The third-order valence-electron chi connectivity index (χ3n) is 6.13. The zero-order valence-corrected chi connectivity index (χ0v) is 18.7. The van der Waals surface area contributed by atoms with Gasteiger partial charge in [-0.05, 0) is 31.5 Å². The van der Waals surface area contributed by atoms with Gasteiger partial charge in [0.1, 0.15) is 40.7 Å². The molecule has 0 spiro atoms. The van der Waals surface area contributed by atoms with Crippen LogP contribution < -0.4 is 16.2 Å². The number of hydrogen-bond acceptors (Lipinski definition) is 5. The predicted octanol–water partition coefficient (Wildman–Crippen LogP) is 3.32. The van der Waals surface area contributed by atoms with E-state index in [1.54, 1.807) is 31.2 Å². The molecule has 0 radical (unpaired) electrons. The molecule has 2 aromatic carbocycles. The number of halogens is 3. The summed E-state index contributed by atoms with van der Waals surface area (Å²) >= 11 is 5.91. The summed E-state index contributed by atoms with van der Waals surface area (Å²) in [6, 6.07) is 10.2.